The van der Waals surface area contributed by atoms with Gasteiger partial charge in [0.2, 0.25) is 15.9 Å². The summed E-state index contributed by atoms with van der Waals surface area (Å²) in [5.74, 6) is 0.433. The van der Waals surface area contributed by atoms with Crippen LogP contribution < -0.4 is 5.32 Å². The van der Waals surface area contributed by atoms with Gasteiger partial charge in [0.25, 0.3) is 0 Å². The maximum absolute atomic E-state index is 12.7. The molecule has 1 fully saturated rings. The van der Waals surface area contributed by atoms with Crippen molar-refractivity contribution >= 4 is 62.5 Å². The minimum atomic E-state index is -3.48. The normalized spacial score (nSPS) is 15.7. The molecule has 0 radical (unpaired) electrons. The quantitative estimate of drug-likeness (QED) is 0.388. The molecule has 0 unspecified atom stereocenters. The number of halogens is 3. The molecule has 168 valence electrons. The summed E-state index contributed by atoms with van der Waals surface area (Å²) in [5, 5.41) is 4.38. The standard InChI is InChI=1S/C21H23Cl3N2O3S2/c22-17-2-4-18(5-3-17)30-12-9-25-21(27)16-7-10-26(11-8-16)31(28,29)14-15-1-6-19(23)20(24)13-15/h1-6,13,16H,7-12,14H2,(H,25,27). The van der Waals surface area contributed by atoms with Gasteiger partial charge in [0.05, 0.1) is 15.8 Å². The van der Waals surface area contributed by atoms with E-state index in [2.05, 4.69) is 5.32 Å². The maximum Gasteiger partial charge on any atom is 0.223 e. The van der Waals surface area contributed by atoms with Crippen molar-refractivity contribution in [3.05, 3.63) is 63.1 Å². The number of nitrogens with one attached hydrogen (secondary N) is 1. The first kappa shape index (κ1) is 24.7. The van der Waals surface area contributed by atoms with Crippen molar-refractivity contribution in [3.63, 3.8) is 0 Å². The van der Waals surface area contributed by atoms with E-state index < -0.39 is 10.0 Å². The van der Waals surface area contributed by atoms with Crippen molar-refractivity contribution in [2.75, 3.05) is 25.4 Å². The summed E-state index contributed by atoms with van der Waals surface area (Å²) in [6, 6.07) is 12.4. The van der Waals surface area contributed by atoms with Crippen LogP contribution in [0.5, 0.6) is 0 Å². The molecule has 0 atom stereocenters. The van der Waals surface area contributed by atoms with Crippen LogP contribution in [0.1, 0.15) is 18.4 Å². The Bertz CT molecular complexity index is 1010. The third-order valence-corrected chi connectivity index (χ3v) is 8.89. The number of nitrogens with zero attached hydrogens (tertiary/aromatic N) is 1. The van der Waals surface area contributed by atoms with Crippen molar-refractivity contribution in [1.29, 1.82) is 0 Å². The van der Waals surface area contributed by atoms with Gasteiger partial charge in [-0.25, -0.2) is 12.7 Å². The molecule has 0 aliphatic carbocycles. The van der Waals surface area contributed by atoms with Gasteiger partial charge in [0, 0.05) is 41.2 Å². The largest absolute Gasteiger partial charge is 0.355 e. The molecule has 31 heavy (non-hydrogen) atoms. The molecule has 5 nitrogen and oxygen atoms in total. The average molecular weight is 522 g/mol. The fourth-order valence-corrected chi connectivity index (χ4v) is 6.11. The van der Waals surface area contributed by atoms with Gasteiger partial charge in [0.15, 0.2) is 0 Å². The summed E-state index contributed by atoms with van der Waals surface area (Å²) in [6.07, 6.45) is 1.02. The minimum Gasteiger partial charge on any atom is -0.355 e. The molecule has 2 aromatic rings. The maximum atomic E-state index is 12.7. The average Bonchev–Trinajstić information content (AvgIpc) is 2.75. The predicted molar refractivity (Wildman–Crippen MR) is 129 cm³/mol. The molecule has 10 heteroatoms. The zero-order chi connectivity index (χ0) is 22.4. The molecule has 0 spiro atoms. The van der Waals surface area contributed by atoms with Crippen LogP contribution in [0.3, 0.4) is 0 Å². The Morgan fingerprint density at radius 2 is 1.71 bits per heavy atom. The Labute approximate surface area is 202 Å². The molecule has 1 N–H and O–H groups in total. The van der Waals surface area contributed by atoms with Crippen molar-refractivity contribution in [2.45, 2.75) is 23.5 Å². The van der Waals surface area contributed by atoms with Crippen LogP contribution in [-0.4, -0.2) is 44.0 Å². The molecule has 1 heterocycles. The van der Waals surface area contributed by atoms with Crippen molar-refractivity contribution < 1.29 is 13.2 Å². The second-order valence-corrected chi connectivity index (χ2v) is 11.7. The third kappa shape index (κ3) is 7.27. The fourth-order valence-electron chi connectivity index (χ4n) is 3.35. The van der Waals surface area contributed by atoms with Crippen LogP contribution in [0.15, 0.2) is 47.4 Å². The molecular weight excluding hydrogens is 499 g/mol. The van der Waals surface area contributed by atoms with Crippen LogP contribution in [0.2, 0.25) is 15.1 Å². The Hall–Kier alpha value is -0.960. The van der Waals surface area contributed by atoms with Gasteiger partial charge >= 0.3 is 0 Å². The summed E-state index contributed by atoms with van der Waals surface area (Å²) in [7, 11) is -3.48. The van der Waals surface area contributed by atoms with E-state index in [1.54, 1.807) is 30.0 Å². The molecule has 1 amide bonds. The van der Waals surface area contributed by atoms with E-state index in [-0.39, 0.29) is 17.6 Å². The van der Waals surface area contributed by atoms with Crippen molar-refractivity contribution in [2.24, 2.45) is 5.92 Å². The molecule has 2 aromatic carbocycles. The first-order valence-corrected chi connectivity index (χ1v) is 13.6. The molecule has 0 saturated carbocycles. The van der Waals surface area contributed by atoms with E-state index in [9.17, 15) is 13.2 Å². The summed E-state index contributed by atoms with van der Waals surface area (Å²) >= 11 is 19.4. The Morgan fingerprint density at radius 1 is 1.03 bits per heavy atom. The van der Waals surface area contributed by atoms with E-state index in [1.165, 1.54) is 4.31 Å². The predicted octanol–water partition coefficient (Wildman–Crippen LogP) is 5.10. The molecular formula is C21H23Cl3N2O3S2. The number of carbonyl (C=O) groups excluding carboxylic acids is 1. The lowest BCUT2D eigenvalue weighted by Crippen LogP contribution is -2.43. The van der Waals surface area contributed by atoms with Crippen molar-refractivity contribution in [1.82, 2.24) is 9.62 Å². The fraction of sp³-hybridized carbons (Fsp3) is 0.381. The zero-order valence-corrected chi connectivity index (χ0v) is 20.6. The van der Waals surface area contributed by atoms with Crippen LogP contribution in [-0.2, 0) is 20.6 Å². The number of hydrogen-bond donors (Lipinski definition) is 1. The summed E-state index contributed by atoms with van der Waals surface area (Å²) in [4.78, 5) is 13.5. The van der Waals surface area contributed by atoms with E-state index in [0.717, 1.165) is 10.6 Å². The van der Waals surface area contributed by atoms with Crippen LogP contribution in [0.4, 0.5) is 0 Å². The second kappa shape index (κ2) is 11.3. The zero-order valence-electron chi connectivity index (χ0n) is 16.7. The highest BCUT2D eigenvalue weighted by atomic mass is 35.5. The number of sulfonamides is 1. The first-order valence-electron chi connectivity index (χ1n) is 9.82. The lowest BCUT2D eigenvalue weighted by Gasteiger charge is -2.30. The van der Waals surface area contributed by atoms with E-state index in [4.69, 9.17) is 34.8 Å². The van der Waals surface area contributed by atoms with Crippen LogP contribution >= 0.6 is 46.6 Å². The number of carbonyl (C=O) groups is 1. The van der Waals surface area contributed by atoms with Gasteiger partial charge in [0.1, 0.15) is 0 Å². The SMILES string of the molecule is O=C(NCCSc1ccc(Cl)cc1)C1CCN(S(=O)(=O)Cc2ccc(Cl)c(Cl)c2)CC1. The van der Waals surface area contributed by atoms with Gasteiger partial charge in [-0.3, -0.25) is 4.79 Å². The minimum absolute atomic E-state index is 0.0155. The van der Waals surface area contributed by atoms with E-state index in [1.807, 2.05) is 24.3 Å². The number of benzene rings is 2. The third-order valence-electron chi connectivity index (χ3n) is 5.03. The summed E-state index contributed by atoms with van der Waals surface area (Å²) in [6.45, 7) is 1.23. The van der Waals surface area contributed by atoms with Gasteiger partial charge in [-0.05, 0) is 54.8 Å². The second-order valence-electron chi connectivity index (χ2n) is 7.27. The molecule has 1 saturated heterocycles. The Kier molecular flexibility index (Phi) is 8.96. The number of hydrogen-bond acceptors (Lipinski definition) is 4. The van der Waals surface area contributed by atoms with E-state index >= 15 is 0 Å². The summed E-state index contributed by atoms with van der Waals surface area (Å²) < 4.78 is 26.9. The number of amides is 1. The first-order chi connectivity index (χ1) is 14.7. The van der Waals surface area contributed by atoms with Crippen LogP contribution in [0.25, 0.3) is 0 Å². The van der Waals surface area contributed by atoms with Gasteiger partial charge in [-0.15, -0.1) is 11.8 Å². The highest BCUT2D eigenvalue weighted by Crippen LogP contribution is 2.26. The Balaban J connectivity index is 1.42. The molecule has 0 aromatic heterocycles. The van der Waals surface area contributed by atoms with Crippen molar-refractivity contribution in [3.8, 4) is 0 Å². The van der Waals surface area contributed by atoms with Gasteiger partial charge in [-0.1, -0.05) is 40.9 Å². The van der Waals surface area contributed by atoms with Gasteiger partial charge < -0.3 is 5.32 Å². The van der Waals surface area contributed by atoms with Gasteiger partial charge in [-0.2, -0.15) is 0 Å². The Morgan fingerprint density at radius 3 is 2.35 bits per heavy atom. The highest BCUT2D eigenvalue weighted by molar-refractivity contribution is 7.99. The number of rotatable bonds is 8. The monoisotopic (exact) mass is 520 g/mol. The highest BCUT2D eigenvalue weighted by Gasteiger charge is 2.31. The van der Waals surface area contributed by atoms with E-state index in [0.29, 0.717) is 53.1 Å². The molecule has 3 rings (SSSR count). The lowest BCUT2D eigenvalue weighted by atomic mass is 9.97. The number of piperidine rings is 1. The molecule has 0 bridgehead atoms. The summed E-state index contributed by atoms with van der Waals surface area (Å²) in [5.41, 5.74) is 0.590. The molecule has 1 aliphatic rings. The molecule has 1 aliphatic heterocycles. The topological polar surface area (TPSA) is 66.5 Å². The van der Waals surface area contributed by atoms with Crippen LogP contribution in [0, 0.1) is 5.92 Å². The smallest absolute Gasteiger partial charge is 0.223 e. The lowest BCUT2D eigenvalue weighted by molar-refractivity contribution is -0.125. The number of thioether (sulfide) groups is 1.